The standard InChI is InChI=1S/C22H26N4O3S/c1-3-11-26-17-12-15(9-10-18(17)29-13-19(26)27)20-14(2)30-22(24-20)25-21(28)23-16-7-5-4-6-8-16/h3,9-10,12,16H,1,4-8,11,13H2,2H3,(H2,23,24,25,28). The highest BCUT2D eigenvalue weighted by Crippen LogP contribution is 2.38. The monoisotopic (exact) mass is 426 g/mol. The van der Waals surface area contributed by atoms with Crippen LogP contribution >= 0.6 is 11.3 Å². The van der Waals surface area contributed by atoms with E-state index in [-0.39, 0.29) is 24.6 Å². The van der Waals surface area contributed by atoms with Gasteiger partial charge in [0.25, 0.3) is 5.91 Å². The summed E-state index contributed by atoms with van der Waals surface area (Å²) in [4.78, 5) is 31.9. The molecule has 0 bridgehead atoms. The van der Waals surface area contributed by atoms with Crippen molar-refractivity contribution < 1.29 is 14.3 Å². The van der Waals surface area contributed by atoms with Crippen LogP contribution in [0.5, 0.6) is 5.75 Å². The Kier molecular flexibility index (Phi) is 6.03. The Bertz CT molecular complexity index is 965. The number of ether oxygens (including phenoxy) is 1. The van der Waals surface area contributed by atoms with Gasteiger partial charge < -0.3 is 15.0 Å². The van der Waals surface area contributed by atoms with Crippen LogP contribution in [0.25, 0.3) is 11.3 Å². The van der Waals surface area contributed by atoms with Gasteiger partial charge in [-0.1, -0.05) is 25.3 Å². The molecule has 3 amide bonds. The number of nitrogens with zero attached hydrogens (tertiary/aromatic N) is 2. The zero-order valence-electron chi connectivity index (χ0n) is 17.1. The number of hydrogen-bond acceptors (Lipinski definition) is 5. The fourth-order valence-corrected chi connectivity index (χ4v) is 4.79. The summed E-state index contributed by atoms with van der Waals surface area (Å²) in [5.74, 6) is 0.564. The van der Waals surface area contributed by atoms with Crippen LogP contribution in [0.3, 0.4) is 0 Å². The molecule has 1 aromatic carbocycles. The molecule has 2 N–H and O–H groups in total. The number of fused-ring (bicyclic) bond motifs is 1. The number of thiazole rings is 1. The molecule has 4 rings (SSSR count). The van der Waals surface area contributed by atoms with Gasteiger partial charge in [0.05, 0.1) is 11.4 Å². The molecule has 0 atom stereocenters. The van der Waals surface area contributed by atoms with E-state index in [0.717, 1.165) is 29.0 Å². The van der Waals surface area contributed by atoms with Crippen molar-refractivity contribution in [2.24, 2.45) is 0 Å². The maximum Gasteiger partial charge on any atom is 0.321 e. The third-order valence-corrected chi connectivity index (χ3v) is 6.33. The number of anilines is 2. The molecule has 1 fully saturated rings. The summed E-state index contributed by atoms with van der Waals surface area (Å²) in [6.45, 7) is 6.16. The Morgan fingerprint density at radius 1 is 1.37 bits per heavy atom. The number of benzene rings is 1. The van der Waals surface area contributed by atoms with Crippen molar-refractivity contribution in [1.82, 2.24) is 10.3 Å². The molecule has 1 saturated carbocycles. The summed E-state index contributed by atoms with van der Waals surface area (Å²) in [6, 6.07) is 5.73. The highest BCUT2D eigenvalue weighted by atomic mass is 32.1. The summed E-state index contributed by atoms with van der Waals surface area (Å²) < 4.78 is 5.55. The Labute approximate surface area is 180 Å². The third kappa shape index (κ3) is 4.33. The molecule has 1 aliphatic heterocycles. The van der Waals surface area contributed by atoms with E-state index in [0.29, 0.717) is 23.1 Å². The Morgan fingerprint density at radius 2 is 2.17 bits per heavy atom. The number of aromatic nitrogens is 1. The molecule has 2 aliphatic rings. The number of rotatable bonds is 5. The van der Waals surface area contributed by atoms with E-state index in [1.165, 1.54) is 30.6 Å². The smallest absolute Gasteiger partial charge is 0.321 e. The average Bonchev–Trinajstić information content (AvgIpc) is 3.10. The van der Waals surface area contributed by atoms with Crippen molar-refractivity contribution in [2.75, 3.05) is 23.4 Å². The van der Waals surface area contributed by atoms with E-state index in [9.17, 15) is 9.59 Å². The van der Waals surface area contributed by atoms with Crippen LogP contribution in [0.2, 0.25) is 0 Å². The van der Waals surface area contributed by atoms with Crippen molar-refractivity contribution in [1.29, 1.82) is 0 Å². The van der Waals surface area contributed by atoms with Crippen molar-refractivity contribution in [3.63, 3.8) is 0 Å². The lowest BCUT2D eigenvalue weighted by Gasteiger charge is -2.28. The van der Waals surface area contributed by atoms with Gasteiger partial charge in [0.15, 0.2) is 11.7 Å². The molecule has 0 radical (unpaired) electrons. The predicted molar refractivity (Wildman–Crippen MR) is 119 cm³/mol. The maximum atomic E-state index is 12.4. The van der Waals surface area contributed by atoms with Gasteiger partial charge >= 0.3 is 6.03 Å². The lowest BCUT2D eigenvalue weighted by Crippen LogP contribution is -2.39. The summed E-state index contributed by atoms with van der Waals surface area (Å²) in [5, 5.41) is 6.48. The van der Waals surface area contributed by atoms with Crippen LogP contribution in [-0.4, -0.2) is 36.1 Å². The number of urea groups is 1. The number of carbonyl (C=O) groups excluding carboxylic acids is 2. The first-order valence-corrected chi connectivity index (χ1v) is 11.1. The first-order chi connectivity index (χ1) is 14.5. The normalized spacial score (nSPS) is 16.6. The topological polar surface area (TPSA) is 83.6 Å². The van der Waals surface area contributed by atoms with Crippen molar-refractivity contribution in [2.45, 2.75) is 45.1 Å². The molecule has 2 heterocycles. The fourth-order valence-electron chi connectivity index (χ4n) is 3.96. The zero-order chi connectivity index (χ0) is 21.1. The summed E-state index contributed by atoms with van der Waals surface area (Å²) >= 11 is 1.44. The van der Waals surface area contributed by atoms with Gasteiger partial charge in [-0.15, -0.1) is 17.9 Å². The molecule has 8 heteroatoms. The Balaban J connectivity index is 1.52. The quantitative estimate of drug-likeness (QED) is 0.691. The minimum atomic E-state index is -0.205. The van der Waals surface area contributed by atoms with Gasteiger partial charge in [-0.05, 0) is 38.0 Å². The molecule has 0 saturated heterocycles. The van der Waals surface area contributed by atoms with Gasteiger partial charge in [0.1, 0.15) is 5.75 Å². The Morgan fingerprint density at radius 3 is 2.93 bits per heavy atom. The zero-order valence-corrected chi connectivity index (χ0v) is 17.9. The van der Waals surface area contributed by atoms with Crippen molar-refractivity contribution >= 4 is 34.1 Å². The molecule has 30 heavy (non-hydrogen) atoms. The molecule has 158 valence electrons. The van der Waals surface area contributed by atoms with E-state index in [1.807, 2.05) is 25.1 Å². The lowest BCUT2D eigenvalue weighted by atomic mass is 9.96. The first kappa shape index (κ1) is 20.4. The van der Waals surface area contributed by atoms with Crippen molar-refractivity contribution in [3.8, 4) is 17.0 Å². The SMILES string of the molecule is C=CCN1C(=O)COc2ccc(-c3nc(NC(=O)NC4CCCCC4)sc3C)cc21. The van der Waals surface area contributed by atoms with Gasteiger partial charge in [-0.3, -0.25) is 10.1 Å². The van der Waals surface area contributed by atoms with Gasteiger partial charge in [0, 0.05) is 23.0 Å². The highest BCUT2D eigenvalue weighted by Gasteiger charge is 2.26. The van der Waals surface area contributed by atoms with Crippen LogP contribution in [0.15, 0.2) is 30.9 Å². The second-order valence-corrected chi connectivity index (χ2v) is 8.82. The third-order valence-electron chi connectivity index (χ3n) is 5.44. The largest absolute Gasteiger partial charge is 0.482 e. The van der Waals surface area contributed by atoms with E-state index >= 15 is 0 Å². The molecule has 1 aromatic heterocycles. The second-order valence-electron chi connectivity index (χ2n) is 7.62. The lowest BCUT2D eigenvalue weighted by molar-refractivity contribution is -0.121. The number of hydrogen-bond donors (Lipinski definition) is 2. The molecular formula is C22H26N4O3S. The van der Waals surface area contributed by atoms with Gasteiger partial charge in [0.2, 0.25) is 0 Å². The molecule has 7 nitrogen and oxygen atoms in total. The van der Waals surface area contributed by atoms with Crippen LogP contribution in [0, 0.1) is 6.92 Å². The van der Waals surface area contributed by atoms with E-state index in [4.69, 9.17) is 4.74 Å². The fraction of sp³-hybridized carbons (Fsp3) is 0.409. The minimum Gasteiger partial charge on any atom is -0.482 e. The van der Waals surface area contributed by atoms with E-state index in [1.54, 1.807) is 11.0 Å². The van der Waals surface area contributed by atoms with Crippen LogP contribution in [0.1, 0.15) is 37.0 Å². The number of amides is 3. The molecule has 0 unspecified atom stereocenters. The highest BCUT2D eigenvalue weighted by molar-refractivity contribution is 7.16. The molecule has 0 spiro atoms. The minimum absolute atomic E-state index is 0.0279. The maximum absolute atomic E-state index is 12.4. The number of carbonyl (C=O) groups is 2. The van der Waals surface area contributed by atoms with E-state index < -0.39 is 0 Å². The summed E-state index contributed by atoms with van der Waals surface area (Å²) in [7, 11) is 0. The Hall–Kier alpha value is -2.87. The molecule has 2 aromatic rings. The summed E-state index contributed by atoms with van der Waals surface area (Å²) in [6.07, 6.45) is 7.34. The average molecular weight is 427 g/mol. The number of aryl methyl sites for hydroxylation is 1. The number of nitrogens with one attached hydrogen (secondary N) is 2. The molecule has 1 aliphatic carbocycles. The van der Waals surface area contributed by atoms with Crippen LogP contribution in [0.4, 0.5) is 15.6 Å². The molecular weight excluding hydrogens is 400 g/mol. The van der Waals surface area contributed by atoms with Crippen LogP contribution < -0.4 is 20.3 Å². The van der Waals surface area contributed by atoms with Crippen molar-refractivity contribution in [3.05, 3.63) is 35.7 Å². The second kappa shape index (κ2) is 8.87. The first-order valence-electron chi connectivity index (χ1n) is 10.3. The van der Waals surface area contributed by atoms with E-state index in [2.05, 4.69) is 22.2 Å². The van der Waals surface area contributed by atoms with Crippen LogP contribution in [-0.2, 0) is 4.79 Å². The van der Waals surface area contributed by atoms with Gasteiger partial charge in [-0.25, -0.2) is 9.78 Å². The summed E-state index contributed by atoms with van der Waals surface area (Å²) in [5.41, 5.74) is 2.36. The predicted octanol–water partition coefficient (Wildman–Crippen LogP) is 4.48. The van der Waals surface area contributed by atoms with Gasteiger partial charge in [-0.2, -0.15) is 0 Å².